The van der Waals surface area contributed by atoms with Crippen LogP contribution >= 0.6 is 0 Å². The molecule has 0 bridgehead atoms. The zero-order chi connectivity index (χ0) is 12.4. The van der Waals surface area contributed by atoms with Crippen LogP contribution in [0, 0.1) is 24.1 Å². The summed E-state index contributed by atoms with van der Waals surface area (Å²) in [7, 11) is 0. The third kappa shape index (κ3) is 2.26. The van der Waals surface area contributed by atoms with Gasteiger partial charge in [0.25, 0.3) is 0 Å². The Morgan fingerprint density at radius 3 is 2.53 bits per heavy atom. The lowest BCUT2D eigenvalue weighted by molar-refractivity contribution is 0.473. The largest absolute Gasteiger partial charge is 0.507 e. The first kappa shape index (κ1) is 11.2. The van der Waals surface area contributed by atoms with E-state index >= 15 is 0 Å². The van der Waals surface area contributed by atoms with Crippen molar-refractivity contribution in [2.45, 2.75) is 6.92 Å². The summed E-state index contributed by atoms with van der Waals surface area (Å²) in [4.78, 5) is 0. The predicted molar refractivity (Wildman–Crippen MR) is 63.0 cm³/mol. The minimum Gasteiger partial charge on any atom is -0.507 e. The van der Waals surface area contributed by atoms with Crippen LogP contribution in [0.3, 0.4) is 0 Å². The van der Waals surface area contributed by atoms with Crippen molar-refractivity contribution in [2.75, 3.05) is 0 Å². The molecule has 2 aromatic rings. The molecule has 84 valence electrons. The van der Waals surface area contributed by atoms with Gasteiger partial charge in [-0.25, -0.2) is 4.39 Å². The number of hydrogen-bond donors (Lipinski definition) is 1. The molecule has 0 amide bonds. The van der Waals surface area contributed by atoms with Crippen LogP contribution in [0.2, 0.25) is 0 Å². The summed E-state index contributed by atoms with van der Waals surface area (Å²) in [6.45, 7) is 1.80. The monoisotopic (exact) mass is 227 g/mol. The van der Waals surface area contributed by atoms with Crippen LogP contribution in [-0.4, -0.2) is 5.11 Å². The quantitative estimate of drug-likeness (QED) is 0.811. The van der Waals surface area contributed by atoms with E-state index in [1.807, 2.05) is 12.1 Å². The Bertz CT molecular complexity index is 594. The summed E-state index contributed by atoms with van der Waals surface area (Å²) in [5.74, 6) is -0.379. The minimum atomic E-state index is -0.313. The van der Waals surface area contributed by atoms with Gasteiger partial charge in [0, 0.05) is 0 Å². The molecule has 0 aromatic heterocycles. The molecule has 0 aliphatic rings. The van der Waals surface area contributed by atoms with Gasteiger partial charge in [-0.05, 0) is 47.9 Å². The molecule has 3 heteroatoms. The van der Waals surface area contributed by atoms with Crippen molar-refractivity contribution in [2.24, 2.45) is 0 Å². The zero-order valence-electron chi connectivity index (χ0n) is 9.24. The van der Waals surface area contributed by atoms with Crippen molar-refractivity contribution >= 4 is 0 Å². The third-order valence-electron chi connectivity index (χ3n) is 2.49. The van der Waals surface area contributed by atoms with Gasteiger partial charge in [0.05, 0.1) is 5.56 Å². The fourth-order valence-corrected chi connectivity index (χ4v) is 1.71. The van der Waals surface area contributed by atoms with E-state index < -0.39 is 0 Å². The smallest absolute Gasteiger partial charge is 0.133 e. The van der Waals surface area contributed by atoms with E-state index in [1.165, 1.54) is 18.2 Å². The summed E-state index contributed by atoms with van der Waals surface area (Å²) in [5, 5.41) is 18.2. The van der Waals surface area contributed by atoms with E-state index in [9.17, 15) is 9.50 Å². The number of nitrogens with zero attached hydrogens (tertiary/aromatic N) is 1. The van der Waals surface area contributed by atoms with Gasteiger partial charge in [0.15, 0.2) is 0 Å². The minimum absolute atomic E-state index is 0.0654. The fourth-order valence-electron chi connectivity index (χ4n) is 1.71. The van der Waals surface area contributed by atoms with Gasteiger partial charge >= 0.3 is 0 Å². The van der Waals surface area contributed by atoms with Crippen LogP contribution < -0.4 is 0 Å². The summed E-state index contributed by atoms with van der Waals surface area (Å²) in [5.41, 5.74) is 2.40. The van der Waals surface area contributed by atoms with E-state index in [-0.39, 0.29) is 17.1 Å². The van der Waals surface area contributed by atoms with E-state index in [2.05, 4.69) is 0 Å². The maximum atomic E-state index is 13.3. The Morgan fingerprint density at radius 1 is 1.12 bits per heavy atom. The van der Waals surface area contributed by atoms with Gasteiger partial charge in [-0.2, -0.15) is 5.26 Å². The first-order chi connectivity index (χ1) is 8.10. The average Bonchev–Trinajstić information content (AvgIpc) is 2.28. The van der Waals surface area contributed by atoms with Gasteiger partial charge in [0.1, 0.15) is 17.6 Å². The van der Waals surface area contributed by atoms with Crippen LogP contribution in [0.25, 0.3) is 11.1 Å². The molecule has 17 heavy (non-hydrogen) atoms. The highest BCUT2D eigenvalue weighted by atomic mass is 19.1. The molecular formula is C14H10FNO. The maximum Gasteiger partial charge on any atom is 0.133 e. The summed E-state index contributed by atoms with van der Waals surface area (Å²) < 4.78 is 13.3. The van der Waals surface area contributed by atoms with Gasteiger partial charge < -0.3 is 5.11 Å². The van der Waals surface area contributed by atoms with Crippen LogP contribution in [0.15, 0.2) is 36.4 Å². The molecule has 1 N–H and O–H groups in total. The number of aryl methyl sites for hydroxylation is 1. The van der Waals surface area contributed by atoms with Crippen molar-refractivity contribution in [3.05, 3.63) is 53.3 Å². The molecule has 0 atom stereocenters. The van der Waals surface area contributed by atoms with Crippen LogP contribution in [0.4, 0.5) is 4.39 Å². The van der Waals surface area contributed by atoms with E-state index in [4.69, 9.17) is 5.26 Å². The first-order valence-corrected chi connectivity index (χ1v) is 5.11. The molecule has 2 rings (SSSR count). The molecule has 0 aliphatic heterocycles. The molecule has 0 saturated heterocycles. The van der Waals surface area contributed by atoms with E-state index in [0.717, 1.165) is 5.56 Å². The SMILES string of the molecule is Cc1cc(F)cc(-c2ccc(O)c(C#N)c2)c1. The number of phenolic OH excluding ortho intramolecular Hbond substituents is 1. The lowest BCUT2D eigenvalue weighted by atomic mass is 10.0. The van der Waals surface area contributed by atoms with Gasteiger partial charge in [-0.3, -0.25) is 0 Å². The predicted octanol–water partition coefficient (Wildman–Crippen LogP) is 3.38. The van der Waals surface area contributed by atoms with Gasteiger partial charge in [-0.1, -0.05) is 12.1 Å². The molecular weight excluding hydrogens is 217 g/mol. The lowest BCUT2D eigenvalue weighted by Gasteiger charge is -2.05. The summed E-state index contributed by atoms with van der Waals surface area (Å²) >= 11 is 0. The van der Waals surface area contributed by atoms with Crippen molar-refractivity contribution < 1.29 is 9.50 Å². The molecule has 0 fully saturated rings. The molecule has 0 saturated carbocycles. The standard InChI is InChI=1S/C14H10FNO/c1-9-4-11(7-13(15)5-9)10-2-3-14(17)12(6-10)8-16/h2-7,17H,1H3. The number of aromatic hydroxyl groups is 1. The zero-order valence-corrected chi connectivity index (χ0v) is 9.24. The van der Waals surface area contributed by atoms with Crippen molar-refractivity contribution in [3.8, 4) is 22.9 Å². The molecule has 2 nitrogen and oxygen atoms in total. The highest BCUT2D eigenvalue weighted by Crippen LogP contribution is 2.26. The van der Waals surface area contributed by atoms with Crippen LogP contribution in [0.5, 0.6) is 5.75 Å². The molecule has 0 heterocycles. The Balaban J connectivity index is 2.57. The van der Waals surface area contributed by atoms with Crippen molar-refractivity contribution in [1.29, 1.82) is 5.26 Å². The molecule has 0 unspecified atom stereocenters. The van der Waals surface area contributed by atoms with Gasteiger partial charge in [0.2, 0.25) is 0 Å². The molecule has 0 aliphatic carbocycles. The number of rotatable bonds is 1. The van der Waals surface area contributed by atoms with Crippen molar-refractivity contribution in [1.82, 2.24) is 0 Å². The van der Waals surface area contributed by atoms with E-state index in [0.29, 0.717) is 11.1 Å². The second kappa shape index (κ2) is 4.26. The first-order valence-electron chi connectivity index (χ1n) is 5.11. The lowest BCUT2D eigenvalue weighted by Crippen LogP contribution is -1.85. The number of halogens is 1. The average molecular weight is 227 g/mol. The summed E-state index contributed by atoms with van der Waals surface area (Å²) in [6, 6.07) is 11.2. The Labute approximate surface area is 98.6 Å². The Kier molecular flexibility index (Phi) is 2.80. The topological polar surface area (TPSA) is 44.0 Å². The molecule has 0 spiro atoms. The fraction of sp³-hybridized carbons (Fsp3) is 0.0714. The Morgan fingerprint density at radius 2 is 1.88 bits per heavy atom. The highest BCUT2D eigenvalue weighted by molar-refractivity contribution is 5.67. The van der Waals surface area contributed by atoms with Crippen LogP contribution in [0.1, 0.15) is 11.1 Å². The van der Waals surface area contributed by atoms with Crippen molar-refractivity contribution in [3.63, 3.8) is 0 Å². The second-order valence-corrected chi connectivity index (χ2v) is 3.86. The number of nitriles is 1. The number of phenols is 1. The number of benzene rings is 2. The summed E-state index contributed by atoms with van der Waals surface area (Å²) in [6.07, 6.45) is 0. The van der Waals surface area contributed by atoms with Gasteiger partial charge in [-0.15, -0.1) is 0 Å². The maximum absolute atomic E-state index is 13.3. The number of hydrogen-bond acceptors (Lipinski definition) is 2. The van der Waals surface area contributed by atoms with E-state index in [1.54, 1.807) is 19.1 Å². The third-order valence-corrected chi connectivity index (χ3v) is 2.49. The highest BCUT2D eigenvalue weighted by Gasteiger charge is 2.05. The normalized spacial score (nSPS) is 9.94. The van der Waals surface area contributed by atoms with Crippen LogP contribution in [-0.2, 0) is 0 Å². The molecule has 2 aromatic carbocycles. The Hall–Kier alpha value is -2.34. The second-order valence-electron chi connectivity index (χ2n) is 3.86. The molecule has 0 radical (unpaired) electrons.